The lowest BCUT2D eigenvalue weighted by atomic mass is 10.1. The van der Waals surface area contributed by atoms with Crippen LogP contribution >= 0.6 is 0 Å². The van der Waals surface area contributed by atoms with Crippen LogP contribution in [0, 0.1) is 0 Å². The summed E-state index contributed by atoms with van der Waals surface area (Å²) in [5.41, 5.74) is 5.38. The summed E-state index contributed by atoms with van der Waals surface area (Å²) in [7, 11) is 0. The molecule has 1 amide bonds. The quantitative estimate of drug-likeness (QED) is 0.846. The minimum absolute atomic E-state index is 0.170. The van der Waals surface area contributed by atoms with Crippen molar-refractivity contribution in [3.63, 3.8) is 0 Å². The van der Waals surface area contributed by atoms with E-state index in [0.717, 1.165) is 16.5 Å². The number of hydrogen-bond acceptors (Lipinski definition) is 3. The standard InChI is InChI=1S/C16H20N2O2/c1-11(2)18-14(16(17)19)10-20-15-9-5-7-12-6-3-4-8-13(12)15/h3-9,11,14,18H,10H2,1-2H3,(H2,17,19). The summed E-state index contributed by atoms with van der Waals surface area (Å²) < 4.78 is 5.78. The van der Waals surface area contributed by atoms with Crippen molar-refractivity contribution in [3.05, 3.63) is 42.5 Å². The largest absolute Gasteiger partial charge is 0.491 e. The number of nitrogens with one attached hydrogen (secondary N) is 1. The van der Waals surface area contributed by atoms with E-state index in [9.17, 15) is 4.79 Å². The molecule has 1 atom stereocenters. The third-order valence-corrected chi connectivity index (χ3v) is 3.03. The van der Waals surface area contributed by atoms with Gasteiger partial charge in [0.2, 0.25) is 5.91 Å². The Morgan fingerprint density at radius 2 is 1.90 bits per heavy atom. The summed E-state index contributed by atoms with van der Waals surface area (Å²) in [5.74, 6) is 0.360. The van der Waals surface area contributed by atoms with Crippen LogP contribution in [0.2, 0.25) is 0 Å². The van der Waals surface area contributed by atoms with Crippen molar-refractivity contribution < 1.29 is 9.53 Å². The van der Waals surface area contributed by atoms with Crippen molar-refractivity contribution in [2.45, 2.75) is 25.9 Å². The van der Waals surface area contributed by atoms with Crippen molar-refractivity contribution in [2.75, 3.05) is 6.61 Å². The molecular formula is C16H20N2O2. The maximum Gasteiger partial charge on any atom is 0.238 e. The van der Waals surface area contributed by atoms with E-state index in [1.807, 2.05) is 56.3 Å². The minimum atomic E-state index is -0.492. The molecule has 4 heteroatoms. The zero-order valence-electron chi connectivity index (χ0n) is 11.8. The zero-order chi connectivity index (χ0) is 14.5. The first-order valence-corrected chi connectivity index (χ1v) is 6.74. The molecule has 0 heterocycles. The van der Waals surface area contributed by atoms with Gasteiger partial charge in [0, 0.05) is 11.4 Å². The number of hydrogen-bond donors (Lipinski definition) is 2. The Bertz CT molecular complexity index is 591. The molecule has 0 bridgehead atoms. The lowest BCUT2D eigenvalue weighted by molar-refractivity contribution is -0.120. The van der Waals surface area contributed by atoms with Gasteiger partial charge in [-0.3, -0.25) is 4.79 Å². The highest BCUT2D eigenvalue weighted by molar-refractivity contribution is 5.88. The minimum Gasteiger partial charge on any atom is -0.491 e. The Morgan fingerprint density at radius 1 is 1.20 bits per heavy atom. The molecule has 2 rings (SSSR count). The number of rotatable bonds is 6. The number of benzene rings is 2. The maximum absolute atomic E-state index is 11.4. The summed E-state index contributed by atoms with van der Waals surface area (Å²) in [5, 5.41) is 5.24. The molecular weight excluding hydrogens is 252 g/mol. The van der Waals surface area contributed by atoms with Crippen LogP contribution in [0.3, 0.4) is 0 Å². The summed E-state index contributed by atoms with van der Waals surface area (Å²) in [4.78, 5) is 11.4. The molecule has 2 aromatic rings. The van der Waals surface area contributed by atoms with E-state index in [-0.39, 0.29) is 12.6 Å². The van der Waals surface area contributed by atoms with Crippen molar-refractivity contribution >= 4 is 16.7 Å². The Balaban J connectivity index is 2.13. The molecule has 3 N–H and O–H groups in total. The van der Waals surface area contributed by atoms with Gasteiger partial charge in [0.25, 0.3) is 0 Å². The molecule has 1 unspecified atom stereocenters. The second kappa shape index (κ2) is 6.39. The van der Waals surface area contributed by atoms with Crippen molar-refractivity contribution in [1.29, 1.82) is 0 Å². The highest BCUT2D eigenvalue weighted by Gasteiger charge is 2.17. The van der Waals surface area contributed by atoms with Gasteiger partial charge in [0.1, 0.15) is 18.4 Å². The molecule has 0 saturated heterocycles. The fourth-order valence-electron chi connectivity index (χ4n) is 2.11. The van der Waals surface area contributed by atoms with E-state index in [1.165, 1.54) is 0 Å². The van der Waals surface area contributed by atoms with Crippen LogP contribution in [0.15, 0.2) is 42.5 Å². The number of carbonyl (C=O) groups excluding carboxylic acids is 1. The Labute approximate surface area is 118 Å². The zero-order valence-corrected chi connectivity index (χ0v) is 11.8. The van der Waals surface area contributed by atoms with Crippen LogP contribution in [0.4, 0.5) is 0 Å². The topological polar surface area (TPSA) is 64.3 Å². The number of amides is 1. The van der Waals surface area contributed by atoms with Crippen LogP contribution < -0.4 is 15.8 Å². The number of fused-ring (bicyclic) bond motifs is 1. The van der Waals surface area contributed by atoms with Crippen molar-refractivity contribution in [1.82, 2.24) is 5.32 Å². The van der Waals surface area contributed by atoms with Gasteiger partial charge in [0.05, 0.1) is 0 Å². The van der Waals surface area contributed by atoms with Crippen LogP contribution in [-0.4, -0.2) is 24.6 Å². The molecule has 0 saturated carbocycles. The summed E-state index contributed by atoms with van der Waals surface area (Å²) >= 11 is 0. The first-order chi connectivity index (χ1) is 9.58. The second-order valence-electron chi connectivity index (χ2n) is 5.06. The third kappa shape index (κ3) is 3.48. The third-order valence-electron chi connectivity index (χ3n) is 3.03. The highest BCUT2D eigenvalue weighted by Crippen LogP contribution is 2.25. The monoisotopic (exact) mass is 272 g/mol. The molecule has 106 valence electrons. The van der Waals surface area contributed by atoms with Crippen LogP contribution in [-0.2, 0) is 4.79 Å². The van der Waals surface area contributed by atoms with Crippen LogP contribution in [0.25, 0.3) is 10.8 Å². The van der Waals surface area contributed by atoms with E-state index >= 15 is 0 Å². The number of carbonyl (C=O) groups is 1. The van der Waals surface area contributed by atoms with Gasteiger partial charge in [-0.25, -0.2) is 0 Å². The molecule has 0 aliphatic rings. The van der Waals surface area contributed by atoms with Crippen LogP contribution in [0.5, 0.6) is 5.75 Å². The SMILES string of the molecule is CC(C)NC(COc1cccc2ccccc12)C(N)=O. The summed E-state index contributed by atoms with van der Waals surface area (Å²) in [6, 6.07) is 13.5. The summed E-state index contributed by atoms with van der Waals surface area (Å²) in [6.07, 6.45) is 0. The molecule has 0 fully saturated rings. The Morgan fingerprint density at radius 3 is 2.60 bits per heavy atom. The Kier molecular flexibility index (Phi) is 4.58. The van der Waals surface area contributed by atoms with Gasteiger partial charge < -0.3 is 15.8 Å². The van der Waals surface area contributed by atoms with Gasteiger partial charge in [-0.1, -0.05) is 50.2 Å². The highest BCUT2D eigenvalue weighted by atomic mass is 16.5. The molecule has 0 aromatic heterocycles. The summed E-state index contributed by atoms with van der Waals surface area (Å²) in [6.45, 7) is 4.16. The van der Waals surface area contributed by atoms with E-state index < -0.39 is 11.9 Å². The van der Waals surface area contributed by atoms with Crippen molar-refractivity contribution in [2.24, 2.45) is 5.73 Å². The first kappa shape index (κ1) is 14.3. The van der Waals surface area contributed by atoms with E-state index in [0.29, 0.717) is 0 Å². The molecule has 0 aliphatic carbocycles. The lowest BCUT2D eigenvalue weighted by Gasteiger charge is -2.19. The predicted molar refractivity (Wildman–Crippen MR) is 80.7 cm³/mol. The van der Waals surface area contributed by atoms with Gasteiger partial charge in [-0.15, -0.1) is 0 Å². The first-order valence-electron chi connectivity index (χ1n) is 6.74. The van der Waals surface area contributed by atoms with Gasteiger partial charge in [-0.2, -0.15) is 0 Å². The molecule has 20 heavy (non-hydrogen) atoms. The average Bonchev–Trinajstić information content (AvgIpc) is 2.42. The molecule has 0 radical (unpaired) electrons. The normalized spacial score (nSPS) is 12.6. The van der Waals surface area contributed by atoms with Gasteiger partial charge in [-0.05, 0) is 11.5 Å². The predicted octanol–water partition coefficient (Wildman–Crippen LogP) is 2.07. The number of primary amides is 1. The van der Waals surface area contributed by atoms with E-state index in [4.69, 9.17) is 10.5 Å². The lowest BCUT2D eigenvalue weighted by Crippen LogP contribution is -2.48. The van der Waals surface area contributed by atoms with Crippen molar-refractivity contribution in [3.8, 4) is 5.75 Å². The molecule has 0 spiro atoms. The fourth-order valence-corrected chi connectivity index (χ4v) is 2.11. The molecule has 0 aliphatic heterocycles. The fraction of sp³-hybridized carbons (Fsp3) is 0.312. The average molecular weight is 272 g/mol. The van der Waals surface area contributed by atoms with Gasteiger partial charge >= 0.3 is 0 Å². The van der Waals surface area contributed by atoms with E-state index in [1.54, 1.807) is 0 Å². The van der Waals surface area contributed by atoms with Gasteiger partial charge in [0.15, 0.2) is 0 Å². The Hall–Kier alpha value is -2.07. The number of nitrogens with two attached hydrogens (primary N) is 1. The molecule has 4 nitrogen and oxygen atoms in total. The van der Waals surface area contributed by atoms with Crippen LogP contribution in [0.1, 0.15) is 13.8 Å². The smallest absolute Gasteiger partial charge is 0.238 e. The second-order valence-corrected chi connectivity index (χ2v) is 5.06. The maximum atomic E-state index is 11.4. The van der Waals surface area contributed by atoms with E-state index in [2.05, 4.69) is 5.32 Å². The molecule has 2 aromatic carbocycles. The number of ether oxygens (including phenoxy) is 1.